The third-order valence-corrected chi connectivity index (χ3v) is 2.30. The van der Waals surface area contributed by atoms with Gasteiger partial charge in [0.25, 0.3) is 5.69 Å². The van der Waals surface area contributed by atoms with Crippen molar-refractivity contribution >= 4 is 5.69 Å². The van der Waals surface area contributed by atoms with Crippen molar-refractivity contribution in [3.05, 3.63) is 39.4 Å². The topological polar surface area (TPSA) is 69.2 Å². The maximum absolute atomic E-state index is 10.6. The van der Waals surface area contributed by atoms with E-state index in [1.54, 1.807) is 19.1 Å². The van der Waals surface area contributed by atoms with E-state index >= 15 is 0 Å². The zero-order chi connectivity index (χ0) is 10.7. The quantitative estimate of drug-likeness (QED) is 0.593. The molecule has 1 aromatic carbocycles. The molecule has 4 heteroatoms. The number of nitrogens with zero attached hydrogens (tertiary/aromatic N) is 1. The number of nitrogens with two attached hydrogens (primary N) is 1. The first-order chi connectivity index (χ1) is 6.56. The highest BCUT2D eigenvalue weighted by Gasteiger charge is 2.13. The van der Waals surface area contributed by atoms with Gasteiger partial charge in [0.1, 0.15) is 0 Å². The molecule has 1 unspecified atom stereocenters. The number of hydrogen-bond donors (Lipinski definition) is 1. The Kier molecular flexibility index (Phi) is 3.19. The summed E-state index contributed by atoms with van der Waals surface area (Å²) >= 11 is 0. The summed E-state index contributed by atoms with van der Waals surface area (Å²) < 4.78 is 0. The zero-order valence-corrected chi connectivity index (χ0v) is 8.36. The van der Waals surface area contributed by atoms with Crippen LogP contribution in [0, 0.1) is 17.0 Å². The summed E-state index contributed by atoms with van der Waals surface area (Å²) in [5.74, 6) is 0. The van der Waals surface area contributed by atoms with Crippen LogP contribution in [0.3, 0.4) is 0 Å². The van der Waals surface area contributed by atoms with E-state index in [0.29, 0.717) is 5.56 Å². The third kappa shape index (κ3) is 2.09. The van der Waals surface area contributed by atoms with Crippen LogP contribution in [0.5, 0.6) is 0 Å². The summed E-state index contributed by atoms with van der Waals surface area (Å²) in [6, 6.07) is 5.03. The second-order valence-electron chi connectivity index (χ2n) is 3.32. The highest BCUT2D eigenvalue weighted by molar-refractivity contribution is 5.43. The third-order valence-electron chi connectivity index (χ3n) is 2.30. The van der Waals surface area contributed by atoms with Crippen molar-refractivity contribution < 1.29 is 4.92 Å². The predicted molar refractivity (Wildman–Crippen MR) is 55.1 cm³/mol. The monoisotopic (exact) mass is 194 g/mol. The number of benzene rings is 1. The smallest absolute Gasteiger partial charge is 0.272 e. The fraction of sp³-hybridized carbons (Fsp3) is 0.400. The van der Waals surface area contributed by atoms with Crippen molar-refractivity contribution in [1.29, 1.82) is 0 Å². The number of nitro benzene ring substituents is 1. The fourth-order valence-corrected chi connectivity index (χ4v) is 1.29. The van der Waals surface area contributed by atoms with E-state index in [2.05, 4.69) is 0 Å². The van der Waals surface area contributed by atoms with Gasteiger partial charge in [-0.05, 0) is 18.9 Å². The molecule has 0 aliphatic carbocycles. The van der Waals surface area contributed by atoms with Gasteiger partial charge < -0.3 is 5.73 Å². The standard InChI is InChI=1S/C10H14N2O2/c1-3-9(11)8-5-4-7(2)10(6-8)12(13)14/h4-6,9H,3,11H2,1-2H3. The van der Waals surface area contributed by atoms with Crippen LogP contribution in [0.1, 0.15) is 30.5 Å². The first-order valence-corrected chi connectivity index (χ1v) is 4.56. The SMILES string of the molecule is CCC(N)c1ccc(C)c([N+](=O)[O-])c1. The molecule has 0 aromatic heterocycles. The van der Waals surface area contributed by atoms with Crippen LogP contribution in [-0.2, 0) is 0 Å². The average Bonchev–Trinajstić information content (AvgIpc) is 2.17. The van der Waals surface area contributed by atoms with Gasteiger partial charge in [-0.3, -0.25) is 10.1 Å². The zero-order valence-electron chi connectivity index (χ0n) is 8.36. The molecule has 0 aliphatic rings. The first kappa shape index (κ1) is 10.7. The Hall–Kier alpha value is -1.42. The van der Waals surface area contributed by atoms with Crippen LogP contribution in [0.25, 0.3) is 0 Å². The highest BCUT2D eigenvalue weighted by Crippen LogP contribution is 2.23. The van der Waals surface area contributed by atoms with Gasteiger partial charge >= 0.3 is 0 Å². The minimum atomic E-state index is -0.374. The van der Waals surface area contributed by atoms with Crippen LogP contribution < -0.4 is 5.73 Å². The van der Waals surface area contributed by atoms with Gasteiger partial charge in [0.15, 0.2) is 0 Å². The van der Waals surface area contributed by atoms with Crippen LogP contribution in [0.15, 0.2) is 18.2 Å². The predicted octanol–water partition coefficient (Wildman–Crippen LogP) is 2.31. The molecule has 0 aliphatic heterocycles. The molecule has 1 aromatic rings. The lowest BCUT2D eigenvalue weighted by molar-refractivity contribution is -0.385. The molecular weight excluding hydrogens is 180 g/mol. The fourth-order valence-electron chi connectivity index (χ4n) is 1.29. The number of hydrogen-bond acceptors (Lipinski definition) is 3. The molecule has 0 radical (unpaired) electrons. The van der Waals surface area contributed by atoms with Crippen LogP contribution >= 0.6 is 0 Å². The van der Waals surface area contributed by atoms with Gasteiger partial charge in [0.05, 0.1) is 4.92 Å². The second kappa shape index (κ2) is 4.19. The highest BCUT2D eigenvalue weighted by atomic mass is 16.6. The lowest BCUT2D eigenvalue weighted by Gasteiger charge is -2.09. The summed E-state index contributed by atoms with van der Waals surface area (Å²) in [5, 5.41) is 10.6. The number of rotatable bonds is 3. The van der Waals surface area contributed by atoms with E-state index in [0.717, 1.165) is 12.0 Å². The van der Waals surface area contributed by atoms with Crippen LogP contribution in [-0.4, -0.2) is 4.92 Å². The molecule has 0 saturated carbocycles. The Balaban J connectivity index is 3.12. The van der Waals surface area contributed by atoms with Crippen molar-refractivity contribution in [2.24, 2.45) is 5.73 Å². The van der Waals surface area contributed by atoms with Crippen molar-refractivity contribution in [3.8, 4) is 0 Å². The van der Waals surface area contributed by atoms with Gasteiger partial charge in [-0.2, -0.15) is 0 Å². The molecule has 76 valence electrons. The van der Waals surface area contributed by atoms with E-state index < -0.39 is 0 Å². The minimum Gasteiger partial charge on any atom is -0.324 e. The van der Waals surface area contributed by atoms with Crippen molar-refractivity contribution in [1.82, 2.24) is 0 Å². The van der Waals surface area contributed by atoms with Crippen molar-refractivity contribution in [3.63, 3.8) is 0 Å². The molecule has 0 saturated heterocycles. The van der Waals surface area contributed by atoms with Gasteiger partial charge in [-0.25, -0.2) is 0 Å². The first-order valence-electron chi connectivity index (χ1n) is 4.56. The van der Waals surface area contributed by atoms with Gasteiger partial charge in [0, 0.05) is 17.7 Å². The van der Waals surface area contributed by atoms with Crippen LogP contribution in [0.4, 0.5) is 5.69 Å². The van der Waals surface area contributed by atoms with Gasteiger partial charge in [0.2, 0.25) is 0 Å². The largest absolute Gasteiger partial charge is 0.324 e. The Bertz CT molecular complexity index is 350. The molecule has 1 atom stereocenters. The van der Waals surface area contributed by atoms with Crippen LogP contribution in [0.2, 0.25) is 0 Å². The van der Waals surface area contributed by atoms with E-state index in [1.165, 1.54) is 0 Å². The molecular formula is C10H14N2O2. The molecule has 1 rings (SSSR count). The normalized spacial score (nSPS) is 12.5. The summed E-state index contributed by atoms with van der Waals surface area (Å²) in [6.45, 7) is 3.68. The molecule has 0 bridgehead atoms. The maximum Gasteiger partial charge on any atom is 0.272 e. The average molecular weight is 194 g/mol. The Morgan fingerprint density at radius 3 is 2.71 bits per heavy atom. The molecule has 0 spiro atoms. The number of aryl methyl sites for hydroxylation is 1. The Morgan fingerprint density at radius 2 is 2.21 bits per heavy atom. The van der Waals surface area contributed by atoms with Crippen molar-refractivity contribution in [2.45, 2.75) is 26.3 Å². The molecule has 0 amide bonds. The Morgan fingerprint density at radius 1 is 1.57 bits per heavy atom. The lowest BCUT2D eigenvalue weighted by atomic mass is 10.0. The minimum absolute atomic E-state index is 0.116. The molecule has 0 fully saturated rings. The molecule has 4 nitrogen and oxygen atoms in total. The molecule has 14 heavy (non-hydrogen) atoms. The number of nitro groups is 1. The van der Waals surface area contributed by atoms with E-state index in [-0.39, 0.29) is 16.7 Å². The Labute approximate surface area is 82.9 Å². The van der Waals surface area contributed by atoms with E-state index in [1.807, 2.05) is 13.0 Å². The van der Waals surface area contributed by atoms with E-state index in [4.69, 9.17) is 5.73 Å². The summed E-state index contributed by atoms with van der Waals surface area (Å²) in [7, 11) is 0. The summed E-state index contributed by atoms with van der Waals surface area (Å²) in [6.07, 6.45) is 0.778. The summed E-state index contributed by atoms with van der Waals surface area (Å²) in [5.41, 5.74) is 7.43. The van der Waals surface area contributed by atoms with E-state index in [9.17, 15) is 10.1 Å². The second-order valence-corrected chi connectivity index (χ2v) is 3.32. The molecule has 0 heterocycles. The maximum atomic E-state index is 10.6. The van der Waals surface area contributed by atoms with Crippen molar-refractivity contribution in [2.75, 3.05) is 0 Å². The molecule has 2 N–H and O–H groups in total. The lowest BCUT2D eigenvalue weighted by Crippen LogP contribution is -2.09. The van der Waals surface area contributed by atoms with Gasteiger partial charge in [-0.1, -0.05) is 19.1 Å². The van der Waals surface area contributed by atoms with Gasteiger partial charge in [-0.15, -0.1) is 0 Å². The summed E-state index contributed by atoms with van der Waals surface area (Å²) in [4.78, 5) is 10.3.